The molecule has 0 aliphatic heterocycles. The quantitative estimate of drug-likeness (QED) is 0.258. The lowest BCUT2D eigenvalue weighted by Gasteiger charge is -2.33. The molecule has 6 rings (SSSR count). The first-order valence-electron chi connectivity index (χ1n) is 13.5. The summed E-state index contributed by atoms with van der Waals surface area (Å²) in [6.45, 7) is 2.02. The average molecular weight is 542 g/mol. The van der Waals surface area contributed by atoms with Gasteiger partial charge in [0.2, 0.25) is 0 Å². The Balaban J connectivity index is 1.27. The Labute approximate surface area is 231 Å². The van der Waals surface area contributed by atoms with Gasteiger partial charge in [-0.25, -0.2) is 24.7 Å². The van der Waals surface area contributed by atoms with Gasteiger partial charge in [-0.3, -0.25) is 0 Å². The van der Waals surface area contributed by atoms with Gasteiger partial charge in [0.1, 0.15) is 28.6 Å². The van der Waals surface area contributed by atoms with Gasteiger partial charge in [-0.2, -0.15) is 0 Å². The van der Waals surface area contributed by atoms with E-state index in [0.717, 1.165) is 51.6 Å². The molecule has 2 aliphatic carbocycles. The molecule has 0 saturated heterocycles. The van der Waals surface area contributed by atoms with Crippen LogP contribution in [-0.4, -0.2) is 36.1 Å². The first kappa shape index (κ1) is 25.6. The van der Waals surface area contributed by atoms with Crippen LogP contribution in [-0.2, 0) is 12.0 Å². The third-order valence-corrected chi connectivity index (χ3v) is 9.00. The normalized spacial score (nSPS) is 19.4. The molecule has 3 aromatic heterocycles. The maximum Gasteiger partial charge on any atom is 0.335 e. The minimum Gasteiger partial charge on any atom is -0.478 e. The smallest absolute Gasteiger partial charge is 0.335 e. The van der Waals surface area contributed by atoms with E-state index in [0.29, 0.717) is 23.2 Å². The minimum atomic E-state index is -1.26. The third kappa shape index (κ3) is 5.16. The average Bonchev–Trinajstić information content (AvgIpc) is 3.45. The standard InChI is InChI=1S/C30H31N5O3S/c1-18-12-24(34-27(13-18)35-26-15-23(32-17-33-26)19-6-3-2-4-7-19)25-16-31-29(39-25)30(38)11-5-8-20-14-21(28(36)37)9-10-22(20)30/h9-10,12-17,19,38H,2-8,11H2,1H3,(H,36,37)(H,32,33,34,35)/t30-/m0/s1. The number of anilines is 2. The van der Waals surface area contributed by atoms with Crippen LogP contribution in [0.5, 0.6) is 0 Å². The maximum atomic E-state index is 11.8. The lowest BCUT2D eigenvalue weighted by molar-refractivity contribution is 0.0607. The summed E-state index contributed by atoms with van der Waals surface area (Å²) >= 11 is 1.42. The molecule has 0 amide bonds. The van der Waals surface area contributed by atoms with Crippen molar-refractivity contribution in [3.63, 3.8) is 0 Å². The minimum absolute atomic E-state index is 0.233. The Morgan fingerprint density at radius 2 is 1.87 bits per heavy atom. The van der Waals surface area contributed by atoms with E-state index in [-0.39, 0.29) is 5.56 Å². The molecular weight excluding hydrogens is 510 g/mol. The van der Waals surface area contributed by atoms with Crippen LogP contribution in [0.2, 0.25) is 0 Å². The van der Waals surface area contributed by atoms with Gasteiger partial charge in [0.05, 0.1) is 16.1 Å². The van der Waals surface area contributed by atoms with Crippen molar-refractivity contribution in [1.82, 2.24) is 19.9 Å². The summed E-state index contributed by atoms with van der Waals surface area (Å²) in [6, 6.07) is 11.0. The molecule has 0 spiro atoms. The van der Waals surface area contributed by atoms with E-state index in [1.807, 2.05) is 25.1 Å². The Kier molecular flexibility index (Phi) is 6.86. The van der Waals surface area contributed by atoms with Gasteiger partial charge in [-0.15, -0.1) is 11.3 Å². The Morgan fingerprint density at radius 1 is 1.03 bits per heavy atom. The number of aromatic carboxylic acids is 1. The largest absolute Gasteiger partial charge is 0.478 e. The highest BCUT2D eigenvalue weighted by Crippen LogP contribution is 2.44. The number of carbonyl (C=O) groups is 1. The van der Waals surface area contributed by atoms with Gasteiger partial charge in [-0.05, 0) is 80.0 Å². The van der Waals surface area contributed by atoms with E-state index >= 15 is 0 Å². The van der Waals surface area contributed by atoms with Crippen molar-refractivity contribution >= 4 is 28.9 Å². The second-order valence-corrected chi connectivity index (χ2v) is 11.7. The number of aliphatic hydroxyl groups is 1. The van der Waals surface area contributed by atoms with Gasteiger partial charge in [0.25, 0.3) is 0 Å². The molecular formula is C30H31N5O3S. The summed E-state index contributed by atoms with van der Waals surface area (Å²) in [5.74, 6) is 0.945. The predicted octanol–water partition coefficient (Wildman–Crippen LogP) is 6.37. The molecule has 9 heteroatoms. The van der Waals surface area contributed by atoms with Gasteiger partial charge >= 0.3 is 5.97 Å². The highest BCUT2D eigenvalue weighted by Gasteiger charge is 2.39. The molecule has 200 valence electrons. The summed E-state index contributed by atoms with van der Waals surface area (Å²) in [5, 5.41) is 25.1. The monoisotopic (exact) mass is 541 g/mol. The number of nitrogens with one attached hydrogen (secondary N) is 1. The molecule has 0 bridgehead atoms. The molecule has 39 heavy (non-hydrogen) atoms. The van der Waals surface area contributed by atoms with Crippen molar-refractivity contribution in [2.75, 3.05) is 5.32 Å². The number of nitrogens with zero attached hydrogens (tertiary/aromatic N) is 4. The number of hydrogen-bond donors (Lipinski definition) is 3. The van der Waals surface area contributed by atoms with Gasteiger partial charge in [0, 0.05) is 23.9 Å². The summed E-state index contributed by atoms with van der Waals surface area (Å²) in [6.07, 6.45) is 11.6. The number of rotatable bonds is 6. The number of thiazole rings is 1. The first-order chi connectivity index (χ1) is 18.9. The highest BCUT2D eigenvalue weighted by atomic mass is 32.1. The van der Waals surface area contributed by atoms with Crippen molar-refractivity contribution in [3.8, 4) is 10.6 Å². The van der Waals surface area contributed by atoms with Crippen LogP contribution >= 0.6 is 11.3 Å². The third-order valence-electron chi connectivity index (χ3n) is 7.83. The summed E-state index contributed by atoms with van der Waals surface area (Å²) in [7, 11) is 0. The second-order valence-electron chi connectivity index (χ2n) is 10.6. The first-order valence-corrected chi connectivity index (χ1v) is 14.3. The zero-order chi connectivity index (χ0) is 27.0. The van der Waals surface area contributed by atoms with Crippen LogP contribution in [0.25, 0.3) is 10.6 Å². The van der Waals surface area contributed by atoms with Crippen molar-refractivity contribution < 1.29 is 15.0 Å². The molecule has 3 heterocycles. The molecule has 0 unspecified atom stereocenters. The lowest BCUT2D eigenvalue weighted by Crippen LogP contribution is -2.32. The molecule has 4 aromatic rings. The molecule has 3 N–H and O–H groups in total. The number of carboxylic acids is 1. The van der Waals surface area contributed by atoms with E-state index in [1.165, 1.54) is 43.4 Å². The number of aromatic nitrogens is 4. The van der Waals surface area contributed by atoms with E-state index in [9.17, 15) is 15.0 Å². The van der Waals surface area contributed by atoms with Crippen molar-refractivity contribution in [1.29, 1.82) is 0 Å². The van der Waals surface area contributed by atoms with E-state index in [2.05, 4.69) is 20.3 Å². The fraction of sp³-hybridized carbons (Fsp3) is 0.367. The molecule has 1 saturated carbocycles. The topological polar surface area (TPSA) is 121 Å². The number of fused-ring (bicyclic) bond motifs is 1. The molecule has 1 fully saturated rings. The van der Waals surface area contributed by atoms with Crippen molar-refractivity contribution in [2.45, 2.75) is 69.8 Å². The summed E-state index contributed by atoms with van der Waals surface area (Å²) in [4.78, 5) is 30.7. The Hall–Kier alpha value is -3.69. The zero-order valence-corrected chi connectivity index (χ0v) is 22.7. The van der Waals surface area contributed by atoms with Crippen LogP contribution in [0.1, 0.15) is 88.6 Å². The predicted molar refractivity (Wildman–Crippen MR) is 151 cm³/mol. The van der Waals surface area contributed by atoms with Gasteiger partial charge in [-0.1, -0.05) is 25.3 Å². The summed E-state index contributed by atoms with van der Waals surface area (Å²) < 4.78 is 0. The number of carboxylic acid groups (broad SMARTS) is 1. The van der Waals surface area contributed by atoms with Gasteiger partial charge < -0.3 is 15.5 Å². The molecule has 1 aromatic carbocycles. The van der Waals surface area contributed by atoms with Crippen LogP contribution < -0.4 is 5.32 Å². The molecule has 0 radical (unpaired) electrons. The molecule has 8 nitrogen and oxygen atoms in total. The van der Waals surface area contributed by atoms with Crippen molar-refractivity contribution in [3.05, 3.63) is 81.9 Å². The van der Waals surface area contributed by atoms with E-state index in [1.54, 1.807) is 30.7 Å². The van der Waals surface area contributed by atoms with Crippen LogP contribution in [0.15, 0.2) is 48.9 Å². The number of hydrogen-bond acceptors (Lipinski definition) is 8. The Morgan fingerprint density at radius 3 is 2.69 bits per heavy atom. The second kappa shape index (κ2) is 10.5. The fourth-order valence-electron chi connectivity index (χ4n) is 5.86. The van der Waals surface area contributed by atoms with E-state index in [4.69, 9.17) is 4.98 Å². The molecule has 2 aliphatic rings. The van der Waals surface area contributed by atoms with Crippen LogP contribution in [0.4, 0.5) is 11.6 Å². The fourth-order valence-corrected chi connectivity index (χ4v) is 6.87. The van der Waals surface area contributed by atoms with Gasteiger partial charge in [0.15, 0.2) is 0 Å². The Bertz CT molecular complexity index is 1530. The van der Waals surface area contributed by atoms with E-state index < -0.39 is 11.6 Å². The number of pyridine rings is 1. The maximum absolute atomic E-state index is 11.8. The number of aryl methyl sites for hydroxylation is 2. The molecule has 1 atom stereocenters. The van der Waals surface area contributed by atoms with Crippen LogP contribution in [0.3, 0.4) is 0 Å². The lowest BCUT2D eigenvalue weighted by atomic mass is 9.79. The summed E-state index contributed by atoms with van der Waals surface area (Å²) in [5.41, 5.74) is 3.47. The highest BCUT2D eigenvalue weighted by molar-refractivity contribution is 7.15. The van der Waals surface area contributed by atoms with Crippen LogP contribution in [0, 0.1) is 6.92 Å². The number of benzene rings is 1. The van der Waals surface area contributed by atoms with Crippen molar-refractivity contribution in [2.24, 2.45) is 0 Å². The SMILES string of the molecule is Cc1cc(Nc2cc(C3CCCCC3)ncn2)nc(-c2cnc([C@]3(O)CCCc4cc(C(=O)O)ccc43)s2)c1. The zero-order valence-electron chi connectivity index (χ0n) is 21.9.